The molecule has 0 unspecified atom stereocenters. The van der Waals surface area contributed by atoms with Crippen molar-refractivity contribution < 1.29 is 34.0 Å². The monoisotopic (exact) mass is 462 g/mol. The summed E-state index contributed by atoms with van der Waals surface area (Å²) >= 11 is 0. The maximum atomic E-state index is 5.66. The van der Waals surface area contributed by atoms with Crippen LogP contribution in [0.2, 0.25) is 0 Å². The van der Waals surface area contributed by atoms with Gasteiger partial charge in [-0.1, -0.05) is 101 Å². The summed E-state index contributed by atoms with van der Waals surface area (Å²) in [4.78, 5) is 0. The third-order valence-corrected chi connectivity index (χ3v) is 6.27. The van der Waals surface area contributed by atoms with Gasteiger partial charge in [0.05, 0.1) is 19.8 Å². The van der Waals surface area contributed by atoms with Gasteiger partial charge in [-0.05, 0) is 12.8 Å². The lowest BCUT2D eigenvalue weighted by atomic mass is 10.0. The van der Waals surface area contributed by atoms with Gasteiger partial charge in [-0.3, -0.25) is 0 Å². The number of quaternary nitrogens is 2. The van der Waals surface area contributed by atoms with E-state index in [0.717, 1.165) is 13.2 Å². The maximum Gasteiger partial charge on any atom is 0.104 e. The number of nitrogens with zero attached hydrogens (tertiary/aromatic N) is 1. The first-order valence-corrected chi connectivity index (χ1v) is 11.8. The van der Waals surface area contributed by atoms with E-state index in [0.29, 0.717) is 0 Å². The molecule has 0 aromatic heterocycles. The van der Waals surface area contributed by atoms with E-state index in [1.165, 1.54) is 113 Å². The average Bonchev–Trinajstić information content (AvgIpc) is 2.70. The first kappa shape index (κ1) is 31.9. The highest BCUT2D eigenvalue weighted by Crippen LogP contribution is 2.20. The van der Waals surface area contributed by atoms with E-state index in [-0.39, 0.29) is 31.0 Å². The molecule has 0 spiro atoms. The van der Waals surface area contributed by atoms with Crippen LogP contribution in [0.15, 0.2) is 30.3 Å². The lowest BCUT2D eigenvalue weighted by Crippen LogP contribution is -3.00. The summed E-state index contributed by atoms with van der Waals surface area (Å²) in [5, 5.41) is 0. The van der Waals surface area contributed by atoms with Gasteiger partial charge in [-0.2, -0.15) is 0 Å². The molecule has 2 rings (SSSR count). The Bertz CT molecular complexity index is 467. The molecule has 0 bridgehead atoms. The topological polar surface area (TPSA) is 45.7 Å². The molecule has 1 saturated heterocycles. The molecule has 0 atom stereocenters. The van der Waals surface area contributed by atoms with Crippen LogP contribution in [-0.2, 0) is 11.3 Å². The number of morpholine rings is 1. The van der Waals surface area contributed by atoms with E-state index in [1.54, 1.807) is 0 Å². The van der Waals surface area contributed by atoms with Crippen LogP contribution >= 0.6 is 0 Å². The standard InChI is InChI=1S/C25H44NO.2ClH.H3N/c1-2-3-4-5-6-7-8-9-10-11-12-16-19-26(20-22-27-23-21-26)24-25-17-14-13-15-18-25;;;/h13-15,17-18H,2-12,16,19-24H2,1H3;2*1H;1H3/q+1;;;/p-1. The molecule has 1 aromatic carbocycles. The van der Waals surface area contributed by atoms with E-state index in [1.807, 2.05) is 0 Å². The second-order valence-corrected chi connectivity index (χ2v) is 8.66. The number of halogens is 2. The summed E-state index contributed by atoms with van der Waals surface area (Å²) in [6, 6.07) is 11.1. The Balaban J connectivity index is 0. The normalized spacial score (nSPS) is 14.8. The predicted octanol–water partition coefficient (Wildman–Crippen LogP) is 1.12. The number of benzene rings is 1. The Morgan fingerprint density at radius 2 is 1.17 bits per heavy atom. The first-order valence-electron chi connectivity index (χ1n) is 11.8. The number of unbranched alkanes of at least 4 members (excludes halogenated alkanes) is 11. The van der Waals surface area contributed by atoms with Gasteiger partial charge in [0, 0.05) is 5.56 Å². The van der Waals surface area contributed by atoms with Gasteiger partial charge in [0.2, 0.25) is 0 Å². The lowest BCUT2D eigenvalue weighted by Gasteiger charge is -2.41. The van der Waals surface area contributed by atoms with Gasteiger partial charge in [0.1, 0.15) is 19.6 Å². The van der Waals surface area contributed by atoms with Crippen LogP contribution < -0.4 is 31.0 Å². The highest BCUT2D eigenvalue weighted by molar-refractivity contribution is 5.13. The number of hydrogen-bond donors (Lipinski definition) is 1. The van der Waals surface area contributed by atoms with Crippen molar-refractivity contribution in [2.24, 2.45) is 0 Å². The van der Waals surface area contributed by atoms with E-state index < -0.39 is 0 Å². The fourth-order valence-corrected chi connectivity index (χ4v) is 4.45. The summed E-state index contributed by atoms with van der Waals surface area (Å²) in [6.45, 7) is 9.05. The molecule has 1 aromatic rings. The molecule has 0 saturated carbocycles. The van der Waals surface area contributed by atoms with Gasteiger partial charge in [0.15, 0.2) is 0 Å². The van der Waals surface area contributed by atoms with Crippen LogP contribution in [0.5, 0.6) is 0 Å². The number of hydrogen-bond acceptors (Lipinski definition) is 1. The molecule has 30 heavy (non-hydrogen) atoms. The Labute approximate surface area is 199 Å². The van der Waals surface area contributed by atoms with Crippen LogP contribution in [-0.4, -0.2) is 37.3 Å². The van der Waals surface area contributed by atoms with Crippen LogP contribution in [0.4, 0.5) is 0 Å². The summed E-state index contributed by atoms with van der Waals surface area (Å²) in [6.07, 6.45) is 17.2. The summed E-state index contributed by atoms with van der Waals surface area (Å²) in [7, 11) is 0. The minimum absolute atomic E-state index is 0. The van der Waals surface area contributed by atoms with Crippen molar-refractivity contribution in [2.75, 3.05) is 32.8 Å². The van der Waals surface area contributed by atoms with Crippen molar-refractivity contribution in [1.29, 1.82) is 0 Å². The second kappa shape index (κ2) is 20.6. The third-order valence-electron chi connectivity index (χ3n) is 6.27. The average molecular weight is 464 g/mol. The molecule has 5 heteroatoms. The van der Waals surface area contributed by atoms with Gasteiger partial charge in [0.25, 0.3) is 0 Å². The molecule has 1 aliphatic heterocycles. The van der Waals surface area contributed by atoms with Crippen molar-refractivity contribution in [2.45, 2.75) is 90.5 Å². The van der Waals surface area contributed by atoms with Gasteiger partial charge in [-0.15, -0.1) is 0 Å². The first-order chi connectivity index (χ1) is 13.3. The highest BCUT2D eigenvalue weighted by Gasteiger charge is 2.29. The number of ether oxygens (including phenoxy) is 1. The minimum atomic E-state index is 0. The van der Waals surface area contributed by atoms with Crippen LogP contribution in [0, 0.1) is 0 Å². The molecule has 1 heterocycles. The van der Waals surface area contributed by atoms with E-state index >= 15 is 0 Å². The van der Waals surface area contributed by atoms with Crippen LogP contribution in [0.25, 0.3) is 0 Å². The van der Waals surface area contributed by atoms with Crippen molar-refractivity contribution in [3.05, 3.63) is 35.9 Å². The summed E-state index contributed by atoms with van der Waals surface area (Å²) in [5.74, 6) is 0. The fraction of sp³-hybridized carbons (Fsp3) is 0.760. The maximum absolute atomic E-state index is 5.66. The molecule has 0 aliphatic carbocycles. The molecular weight excluding hydrogens is 415 g/mol. The zero-order valence-electron chi connectivity index (χ0n) is 19.7. The Kier molecular flexibility index (Phi) is 21.9. The third kappa shape index (κ3) is 13.9. The zero-order chi connectivity index (χ0) is 19.0. The van der Waals surface area contributed by atoms with E-state index in [2.05, 4.69) is 37.3 Å². The summed E-state index contributed by atoms with van der Waals surface area (Å²) < 4.78 is 6.90. The van der Waals surface area contributed by atoms with Crippen LogP contribution in [0.3, 0.4) is 0 Å². The molecule has 3 nitrogen and oxygen atoms in total. The molecule has 178 valence electrons. The minimum Gasteiger partial charge on any atom is -1.00 e. The van der Waals surface area contributed by atoms with Crippen molar-refractivity contribution in [3.63, 3.8) is 0 Å². The summed E-state index contributed by atoms with van der Waals surface area (Å²) in [5.41, 5.74) is 1.48. The molecule has 0 amide bonds. The fourth-order valence-electron chi connectivity index (χ4n) is 4.45. The highest BCUT2D eigenvalue weighted by atomic mass is 35.5. The lowest BCUT2D eigenvalue weighted by molar-refractivity contribution is -0.947. The van der Waals surface area contributed by atoms with Gasteiger partial charge < -0.3 is 40.2 Å². The van der Waals surface area contributed by atoms with Crippen molar-refractivity contribution in [1.82, 2.24) is 6.15 Å². The molecular formula is C25H48Cl2N2O. The molecule has 1 fully saturated rings. The van der Waals surface area contributed by atoms with Crippen LogP contribution in [0.1, 0.15) is 89.5 Å². The Morgan fingerprint density at radius 1 is 0.700 bits per heavy atom. The largest absolute Gasteiger partial charge is 1.00 e. The quantitative estimate of drug-likeness (QED) is 0.308. The molecule has 1 aliphatic rings. The Hall–Kier alpha value is -0.320. The second-order valence-electron chi connectivity index (χ2n) is 8.66. The van der Waals surface area contributed by atoms with E-state index in [4.69, 9.17) is 4.74 Å². The zero-order valence-corrected chi connectivity index (χ0v) is 21.2. The number of rotatable bonds is 15. The predicted molar refractivity (Wildman–Crippen MR) is 123 cm³/mol. The molecule has 4 N–H and O–H groups in total. The SMILES string of the molecule is CCCCCCCCCCCCCC[N+]1(Cc2ccccc2)CCOCC1.[Cl-].[Cl-].[NH4+]. The van der Waals surface area contributed by atoms with Crippen molar-refractivity contribution in [3.8, 4) is 0 Å². The Morgan fingerprint density at radius 3 is 1.67 bits per heavy atom. The smallest absolute Gasteiger partial charge is 0.104 e. The molecule has 0 radical (unpaired) electrons. The van der Waals surface area contributed by atoms with E-state index in [9.17, 15) is 0 Å². The van der Waals surface area contributed by atoms with Gasteiger partial charge in [-0.25, -0.2) is 0 Å². The van der Waals surface area contributed by atoms with Gasteiger partial charge >= 0.3 is 0 Å². The van der Waals surface area contributed by atoms with Crippen molar-refractivity contribution >= 4 is 0 Å².